The number of ketones is 1. The van der Waals surface area contributed by atoms with Crippen LogP contribution in [0.2, 0.25) is 5.02 Å². The topological polar surface area (TPSA) is 71.4 Å². The van der Waals surface area contributed by atoms with Crippen LogP contribution in [0.15, 0.2) is 54.6 Å². The molecular weight excluding hydrogens is 493 g/mol. The predicted octanol–water partition coefficient (Wildman–Crippen LogP) is 5.94. The van der Waals surface area contributed by atoms with Crippen molar-refractivity contribution in [1.82, 2.24) is 9.47 Å². The van der Waals surface area contributed by atoms with Gasteiger partial charge >= 0.3 is 0 Å². The van der Waals surface area contributed by atoms with Crippen molar-refractivity contribution in [2.75, 3.05) is 5.32 Å². The van der Waals surface area contributed by atoms with Gasteiger partial charge in [-0.25, -0.2) is 4.39 Å². The van der Waals surface area contributed by atoms with Gasteiger partial charge in [0.1, 0.15) is 18.4 Å². The minimum absolute atomic E-state index is 0.0179. The van der Waals surface area contributed by atoms with Gasteiger partial charge in [-0.15, -0.1) is 0 Å². The highest BCUT2D eigenvalue weighted by atomic mass is 35.5. The standard InChI is InChI=1S/C29H31ClFN3O3/c1-3-5-26(29(37)32-23-14-10-21(30)11-15-23)34(17-20-8-12-22(31)13-9-20)28(36)18-33-19(2)16-24-25(33)6-4-7-27(24)35/h8-16,26H,3-7,17-18H2,1-2H3,(H,32,37). The van der Waals surface area contributed by atoms with Crippen LogP contribution in [0.5, 0.6) is 0 Å². The lowest BCUT2D eigenvalue weighted by Gasteiger charge is -2.32. The van der Waals surface area contributed by atoms with Gasteiger partial charge in [-0.3, -0.25) is 14.4 Å². The summed E-state index contributed by atoms with van der Waals surface area (Å²) in [5, 5.41) is 3.46. The molecule has 0 bridgehead atoms. The predicted molar refractivity (Wildman–Crippen MR) is 142 cm³/mol. The highest BCUT2D eigenvalue weighted by molar-refractivity contribution is 6.30. The Kier molecular flexibility index (Phi) is 8.44. The molecule has 0 aliphatic heterocycles. The van der Waals surface area contributed by atoms with Gasteiger partial charge in [-0.05, 0) is 74.2 Å². The van der Waals surface area contributed by atoms with Gasteiger partial charge in [0.05, 0.1) is 0 Å². The molecule has 194 valence electrons. The summed E-state index contributed by atoms with van der Waals surface area (Å²) >= 11 is 5.98. The van der Waals surface area contributed by atoms with E-state index in [1.54, 1.807) is 41.3 Å². The van der Waals surface area contributed by atoms with E-state index in [-0.39, 0.29) is 36.5 Å². The first-order chi connectivity index (χ1) is 17.8. The lowest BCUT2D eigenvalue weighted by molar-refractivity contribution is -0.140. The van der Waals surface area contributed by atoms with Crippen molar-refractivity contribution in [3.8, 4) is 0 Å². The summed E-state index contributed by atoms with van der Waals surface area (Å²) in [6.07, 6.45) is 3.14. The SMILES string of the molecule is CCCC(C(=O)Nc1ccc(Cl)cc1)N(Cc1ccc(F)cc1)C(=O)Cn1c(C)cc2c1CCCC2=O. The highest BCUT2D eigenvalue weighted by Crippen LogP contribution is 2.26. The molecule has 1 aliphatic carbocycles. The van der Waals surface area contributed by atoms with Crippen LogP contribution in [-0.4, -0.2) is 33.1 Å². The Balaban J connectivity index is 1.65. The fraction of sp³-hybridized carbons (Fsp3) is 0.345. The molecule has 6 nitrogen and oxygen atoms in total. The maximum absolute atomic E-state index is 13.9. The first kappa shape index (κ1) is 26.6. The summed E-state index contributed by atoms with van der Waals surface area (Å²) in [6, 6.07) is 13.8. The first-order valence-corrected chi connectivity index (χ1v) is 13.0. The minimum atomic E-state index is -0.744. The van der Waals surface area contributed by atoms with Crippen LogP contribution in [0.4, 0.5) is 10.1 Å². The maximum Gasteiger partial charge on any atom is 0.247 e. The second-order valence-corrected chi connectivity index (χ2v) is 9.89. The zero-order valence-electron chi connectivity index (χ0n) is 21.1. The molecule has 1 aliphatic rings. The number of anilines is 1. The normalized spacial score (nSPS) is 13.7. The average Bonchev–Trinajstić information content (AvgIpc) is 3.20. The molecule has 1 heterocycles. The summed E-state index contributed by atoms with van der Waals surface area (Å²) in [5.74, 6) is -0.814. The van der Waals surface area contributed by atoms with E-state index in [1.807, 2.05) is 24.5 Å². The number of rotatable bonds is 9. The lowest BCUT2D eigenvalue weighted by Crippen LogP contribution is -2.48. The number of Topliss-reactive ketones (excluding diaryl/α,β-unsaturated/α-hetero) is 1. The van der Waals surface area contributed by atoms with Crippen LogP contribution in [0, 0.1) is 12.7 Å². The van der Waals surface area contributed by atoms with Gasteiger partial charge in [0, 0.05) is 40.6 Å². The molecule has 1 aromatic heterocycles. The van der Waals surface area contributed by atoms with Crippen molar-refractivity contribution in [3.05, 3.63) is 88.0 Å². The van der Waals surface area contributed by atoms with Gasteiger partial charge in [0.15, 0.2) is 5.78 Å². The van der Waals surface area contributed by atoms with Gasteiger partial charge in [0.2, 0.25) is 11.8 Å². The van der Waals surface area contributed by atoms with E-state index in [0.29, 0.717) is 35.5 Å². The quantitative estimate of drug-likeness (QED) is 0.377. The zero-order chi connectivity index (χ0) is 26.5. The molecule has 4 rings (SSSR count). The van der Waals surface area contributed by atoms with Gasteiger partial charge in [-0.2, -0.15) is 0 Å². The van der Waals surface area contributed by atoms with Crippen molar-refractivity contribution < 1.29 is 18.8 Å². The van der Waals surface area contributed by atoms with E-state index in [1.165, 1.54) is 12.1 Å². The van der Waals surface area contributed by atoms with Gasteiger partial charge < -0.3 is 14.8 Å². The maximum atomic E-state index is 13.9. The lowest BCUT2D eigenvalue weighted by atomic mass is 9.96. The van der Waals surface area contributed by atoms with Crippen molar-refractivity contribution in [1.29, 1.82) is 0 Å². The van der Waals surface area contributed by atoms with E-state index in [2.05, 4.69) is 5.32 Å². The highest BCUT2D eigenvalue weighted by Gasteiger charge is 2.31. The summed E-state index contributed by atoms with van der Waals surface area (Å²) < 4.78 is 15.5. The summed E-state index contributed by atoms with van der Waals surface area (Å²) in [4.78, 5) is 41.3. The number of benzene rings is 2. The van der Waals surface area contributed by atoms with Crippen molar-refractivity contribution in [2.24, 2.45) is 0 Å². The smallest absolute Gasteiger partial charge is 0.247 e. The van der Waals surface area contributed by atoms with Gasteiger partial charge in [-0.1, -0.05) is 37.1 Å². The molecule has 1 N–H and O–H groups in total. The zero-order valence-corrected chi connectivity index (χ0v) is 21.9. The molecule has 1 atom stereocenters. The number of carbonyl (C=O) groups is 3. The molecular formula is C29H31ClFN3O3. The van der Waals surface area contributed by atoms with Crippen LogP contribution in [0.1, 0.15) is 59.9 Å². The van der Waals surface area contributed by atoms with E-state index < -0.39 is 6.04 Å². The molecule has 2 amide bonds. The number of fused-ring (bicyclic) bond motifs is 1. The second-order valence-electron chi connectivity index (χ2n) is 9.46. The fourth-order valence-electron chi connectivity index (χ4n) is 4.86. The molecule has 3 aromatic rings. The molecule has 2 aromatic carbocycles. The molecule has 0 fully saturated rings. The summed E-state index contributed by atoms with van der Waals surface area (Å²) in [5.41, 5.74) is 3.71. The summed E-state index contributed by atoms with van der Waals surface area (Å²) in [7, 11) is 0. The molecule has 8 heteroatoms. The average molecular weight is 524 g/mol. The van der Waals surface area contributed by atoms with E-state index >= 15 is 0 Å². The number of halogens is 2. The molecule has 0 radical (unpaired) electrons. The Morgan fingerprint density at radius 3 is 2.49 bits per heavy atom. The Hall–Kier alpha value is -3.45. The van der Waals surface area contributed by atoms with Crippen LogP contribution >= 0.6 is 11.6 Å². The Bertz CT molecular complexity index is 1280. The molecule has 1 unspecified atom stereocenters. The van der Waals surface area contributed by atoms with Crippen molar-refractivity contribution >= 4 is 34.9 Å². The largest absolute Gasteiger partial charge is 0.339 e. The van der Waals surface area contributed by atoms with E-state index in [0.717, 1.165) is 29.8 Å². The number of aromatic nitrogens is 1. The molecule has 37 heavy (non-hydrogen) atoms. The number of aryl methyl sites for hydroxylation is 1. The summed E-state index contributed by atoms with van der Waals surface area (Å²) in [6.45, 7) is 4.02. The van der Waals surface area contributed by atoms with E-state index in [4.69, 9.17) is 11.6 Å². The molecule has 0 spiro atoms. The number of amides is 2. The number of hydrogen-bond donors (Lipinski definition) is 1. The van der Waals surface area contributed by atoms with Crippen LogP contribution in [-0.2, 0) is 29.1 Å². The first-order valence-electron chi connectivity index (χ1n) is 12.6. The third-order valence-electron chi connectivity index (χ3n) is 6.77. The van der Waals surface area contributed by atoms with Crippen LogP contribution < -0.4 is 5.32 Å². The Morgan fingerprint density at radius 2 is 1.81 bits per heavy atom. The number of hydrogen-bond acceptors (Lipinski definition) is 3. The Labute approximate surface area is 221 Å². The second kappa shape index (κ2) is 11.7. The fourth-order valence-corrected chi connectivity index (χ4v) is 4.98. The third kappa shape index (κ3) is 6.28. The van der Waals surface area contributed by atoms with Crippen LogP contribution in [0.25, 0.3) is 0 Å². The molecule has 0 saturated carbocycles. The van der Waals surface area contributed by atoms with Crippen molar-refractivity contribution in [2.45, 2.75) is 65.1 Å². The van der Waals surface area contributed by atoms with Gasteiger partial charge in [0.25, 0.3) is 0 Å². The minimum Gasteiger partial charge on any atom is -0.339 e. The van der Waals surface area contributed by atoms with Crippen molar-refractivity contribution in [3.63, 3.8) is 0 Å². The number of nitrogens with zero attached hydrogens (tertiary/aromatic N) is 2. The number of nitrogens with one attached hydrogen (secondary N) is 1. The van der Waals surface area contributed by atoms with E-state index in [9.17, 15) is 18.8 Å². The monoisotopic (exact) mass is 523 g/mol. The van der Waals surface area contributed by atoms with Crippen LogP contribution in [0.3, 0.4) is 0 Å². The number of carbonyl (C=O) groups excluding carboxylic acids is 3. The third-order valence-corrected chi connectivity index (χ3v) is 7.02. The molecule has 0 saturated heterocycles. The Morgan fingerprint density at radius 1 is 1.11 bits per heavy atom.